The van der Waals surface area contributed by atoms with Gasteiger partial charge in [-0.05, 0) is 65.6 Å². The van der Waals surface area contributed by atoms with Crippen molar-refractivity contribution < 1.29 is 0 Å². The van der Waals surface area contributed by atoms with E-state index >= 15 is 0 Å². The molecule has 0 spiro atoms. The van der Waals surface area contributed by atoms with Gasteiger partial charge in [0.25, 0.3) is 0 Å². The summed E-state index contributed by atoms with van der Waals surface area (Å²) in [6, 6.07) is 6.95. The average Bonchev–Trinajstić information content (AvgIpc) is 2.80. The summed E-state index contributed by atoms with van der Waals surface area (Å²) in [5.41, 5.74) is 10.7. The molecule has 2 nitrogen and oxygen atoms in total. The van der Waals surface area contributed by atoms with Gasteiger partial charge in [0.1, 0.15) is 0 Å². The van der Waals surface area contributed by atoms with Crippen molar-refractivity contribution >= 4 is 0 Å². The van der Waals surface area contributed by atoms with Crippen LogP contribution in [0.2, 0.25) is 0 Å². The molecular weight excluding hydrogens is 232 g/mol. The summed E-state index contributed by atoms with van der Waals surface area (Å²) in [5.74, 6) is 0. The normalized spacial score (nSPS) is 18.8. The van der Waals surface area contributed by atoms with E-state index in [9.17, 15) is 0 Å². The lowest BCUT2D eigenvalue weighted by Crippen LogP contribution is -2.55. The molecule has 1 unspecified atom stereocenters. The second kappa shape index (κ2) is 5.64. The van der Waals surface area contributed by atoms with E-state index in [1.54, 1.807) is 0 Å². The lowest BCUT2D eigenvalue weighted by Gasteiger charge is -2.40. The Labute approximate surface area is 118 Å². The summed E-state index contributed by atoms with van der Waals surface area (Å²) in [6.07, 6.45) is 3.60. The standard InChI is InChI=1S/C17H28N2/c1-13-9-14(2)11-15(10-13)12-16(18)17(3,4)19-7-5-6-8-19/h9-11,16H,5-8,12,18H2,1-4H3. The molecule has 19 heavy (non-hydrogen) atoms. The van der Waals surface area contributed by atoms with Crippen molar-refractivity contribution in [2.75, 3.05) is 13.1 Å². The molecule has 0 bridgehead atoms. The molecule has 0 aromatic heterocycles. The lowest BCUT2D eigenvalue weighted by atomic mass is 9.87. The number of aryl methyl sites for hydroxylation is 2. The zero-order chi connectivity index (χ0) is 14.0. The molecule has 2 heteroatoms. The first-order valence-electron chi connectivity index (χ1n) is 7.47. The minimum absolute atomic E-state index is 0.0914. The number of hydrogen-bond donors (Lipinski definition) is 1. The number of benzene rings is 1. The number of nitrogens with two attached hydrogens (primary N) is 1. The third-order valence-corrected chi connectivity index (χ3v) is 4.57. The van der Waals surface area contributed by atoms with Gasteiger partial charge in [-0.2, -0.15) is 0 Å². The highest BCUT2D eigenvalue weighted by molar-refractivity contribution is 5.29. The van der Waals surface area contributed by atoms with Crippen LogP contribution in [0, 0.1) is 13.8 Å². The van der Waals surface area contributed by atoms with E-state index < -0.39 is 0 Å². The van der Waals surface area contributed by atoms with Crippen molar-refractivity contribution in [1.82, 2.24) is 4.90 Å². The van der Waals surface area contributed by atoms with E-state index in [1.807, 2.05) is 0 Å². The van der Waals surface area contributed by atoms with Crippen LogP contribution in [0.4, 0.5) is 0 Å². The Hall–Kier alpha value is -0.860. The van der Waals surface area contributed by atoms with Crippen molar-refractivity contribution in [2.24, 2.45) is 5.73 Å². The molecule has 1 saturated heterocycles. The summed E-state index contributed by atoms with van der Waals surface area (Å²) in [7, 11) is 0. The Morgan fingerprint density at radius 2 is 1.63 bits per heavy atom. The highest BCUT2D eigenvalue weighted by atomic mass is 15.2. The molecule has 1 atom stereocenters. The molecular formula is C17H28N2. The van der Waals surface area contributed by atoms with E-state index in [4.69, 9.17) is 5.73 Å². The Morgan fingerprint density at radius 3 is 2.16 bits per heavy atom. The molecule has 106 valence electrons. The monoisotopic (exact) mass is 260 g/mol. The summed E-state index contributed by atoms with van der Waals surface area (Å²) >= 11 is 0. The Balaban J connectivity index is 2.08. The fraction of sp³-hybridized carbons (Fsp3) is 0.647. The number of likely N-dealkylation sites (tertiary alicyclic amines) is 1. The van der Waals surface area contributed by atoms with E-state index in [0.717, 1.165) is 6.42 Å². The van der Waals surface area contributed by atoms with E-state index in [1.165, 1.54) is 42.6 Å². The van der Waals surface area contributed by atoms with Gasteiger partial charge in [0.15, 0.2) is 0 Å². The van der Waals surface area contributed by atoms with Gasteiger partial charge in [-0.25, -0.2) is 0 Å². The van der Waals surface area contributed by atoms with Crippen LogP contribution in [0.25, 0.3) is 0 Å². The maximum Gasteiger partial charge on any atom is 0.0307 e. The topological polar surface area (TPSA) is 29.3 Å². The van der Waals surface area contributed by atoms with Crippen molar-refractivity contribution in [1.29, 1.82) is 0 Å². The third kappa shape index (κ3) is 3.37. The molecule has 2 N–H and O–H groups in total. The molecule has 0 amide bonds. The van der Waals surface area contributed by atoms with Gasteiger partial charge in [-0.3, -0.25) is 4.90 Å². The zero-order valence-corrected chi connectivity index (χ0v) is 12.9. The number of hydrogen-bond acceptors (Lipinski definition) is 2. The SMILES string of the molecule is Cc1cc(C)cc(CC(N)C(C)(C)N2CCCC2)c1. The predicted molar refractivity (Wildman–Crippen MR) is 82.5 cm³/mol. The van der Waals surface area contributed by atoms with Crippen LogP contribution in [-0.4, -0.2) is 29.6 Å². The minimum Gasteiger partial charge on any atom is -0.326 e. The van der Waals surface area contributed by atoms with Gasteiger partial charge >= 0.3 is 0 Å². The highest BCUT2D eigenvalue weighted by Crippen LogP contribution is 2.25. The minimum atomic E-state index is 0.0914. The van der Waals surface area contributed by atoms with Gasteiger partial charge in [0.05, 0.1) is 0 Å². The van der Waals surface area contributed by atoms with Gasteiger partial charge < -0.3 is 5.73 Å². The zero-order valence-electron chi connectivity index (χ0n) is 12.9. The summed E-state index contributed by atoms with van der Waals surface area (Å²) in [5, 5.41) is 0. The van der Waals surface area contributed by atoms with Crippen molar-refractivity contribution in [3.05, 3.63) is 34.9 Å². The van der Waals surface area contributed by atoms with Crippen LogP contribution in [0.5, 0.6) is 0 Å². The first-order chi connectivity index (χ1) is 8.89. The molecule has 1 aromatic rings. The Kier molecular flexibility index (Phi) is 4.32. The van der Waals surface area contributed by atoms with Crippen molar-refractivity contribution in [3.63, 3.8) is 0 Å². The largest absolute Gasteiger partial charge is 0.326 e. The van der Waals surface area contributed by atoms with Crippen LogP contribution in [0.15, 0.2) is 18.2 Å². The summed E-state index contributed by atoms with van der Waals surface area (Å²) < 4.78 is 0. The average molecular weight is 260 g/mol. The molecule has 1 aromatic carbocycles. The molecule has 1 aliphatic rings. The Morgan fingerprint density at radius 1 is 1.11 bits per heavy atom. The molecule has 1 aliphatic heterocycles. The smallest absolute Gasteiger partial charge is 0.0307 e. The maximum atomic E-state index is 6.52. The lowest BCUT2D eigenvalue weighted by molar-refractivity contribution is 0.123. The van der Waals surface area contributed by atoms with Crippen molar-refractivity contribution in [2.45, 2.75) is 58.5 Å². The van der Waals surface area contributed by atoms with E-state index in [2.05, 4.69) is 50.8 Å². The number of rotatable bonds is 4. The quantitative estimate of drug-likeness (QED) is 0.901. The van der Waals surface area contributed by atoms with E-state index in [0.29, 0.717) is 0 Å². The van der Waals surface area contributed by atoms with Crippen molar-refractivity contribution in [3.8, 4) is 0 Å². The molecule has 0 radical (unpaired) electrons. The second-order valence-corrected chi connectivity index (χ2v) is 6.65. The highest BCUT2D eigenvalue weighted by Gasteiger charge is 2.34. The van der Waals surface area contributed by atoms with E-state index in [-0.39, 0.29) is 11.6 Å². The third-order valence-electron chi connectivity index (χ3n) is 4.57. The van der Waals surface area contributed by atoms with Crippen LogP contribution in [0.3, 0.4) is 0 Å². The summed E-state index contributed by atoms with van der Waals surface area (Å²) in [6.45, 7) is 11.3. The number of nitrogens with zero attached hydrogens (tertiary/aromatic N) is 1. The van der Waals surface area contributed by atoms with Gasteiger partial charge in [-0.15, -0.1) is 0 Å². The second-order valence-electron chi connectivity index (χ2n) is 6.65. The fourth-order valence-corrected chi connectivity index (χ4v) is 3.22. The van der Waals surface area contributed by atoms with Crippen LogP contribution >= 0.6 is 0 Å². The van der Waals surface area contributed by atoms with Crippen LogP contribution in [-0.2, 0) is 6.42 Å². The molecule has 1 heterocycles. The Bertz CT molecular complexity index is 411. The summed E-state index contributed by atoms with van der Waals surface area (Å²) in [4.78, 5) is 2.56. The predicted octanol–water partition coefficient (Wildman–Crippen LogP) is 3.05. The van der Waals surface area contributed by atoms with Gasteiger partial charge in [0.2, 0.25) is 0 Å². The molecule has 2 rings (SSSR count). The fourth-order valence-electron chi connectivity index (χ4n) is 3.22. The first-order valence-corrected chi connectivity index (χ1v) is 7.47. The first kappa shape index (κ1) is 14.5. The van der Waals surface area contributed by atoms with Gasteiger partial charge in [0, 0.05) is 11.6 Å². The molecule has 0 saturated carbocycles. The van der Waals surface area contributed by atoms with Crippen LogP contribution in [0.1, 0.15) is 43.4 Å². The maximum absolute atomic E-state index is 6.52. The van der Waals surface area contributed by atoms with Gasteiger partial charge in [-0.1, -0.05) is 29.3 Å². The van der Waals surface area contributed by atoms with Crippen LogP contribution < -0.4 is 5.73 Å². The molecule has 1 fully saturated rings. The molecule has 0 aliphatic carbocycles.